The lowest BCUT2D eigenvalue weighted by Gasteiger charge is -2.32. The highest BCUT2D eigenvalue weighted by molar-refractivity contribution is 7.25. The highest BCUT2D eigenvalue weighted by atomic mass is 32.1. The van der Waals surface area contributed by atoms with Gasteiger partial charge in [-0.05, 0) is 67.0 Å². The molecule has 1 unspecified atom stereocenters. The minimum absolute atomic E-state index is 0.210. The Labute approximate surface area is 189 Å². The van der Waals surface area contributed by atoms with Gasteiger partial charge in [-0.2, -0.15) is 0 Å². The molecule has 4 aromatic rings. The molecule has 32 heavy (non-hydrogen) atoms. The molecule has 164 valence electrons. The summed E-state index contributed by atoms with van der Waals surface area (Å²) in [5.74, 6) is 1.09. The van der Waals surface area contributed by atoms with Crippen molar-refractivity contribution in [3.63, 3.8) is 0 Å². The van der Waals surface area contributed by atoms with Crippen LogP contribution >= 0.6 is 11.3 Å². The molecular formula is C25H26N4O2S. The lowest BCUT2D eigenvalue weighted by atomic mass is 9.72. The SMILES string of the molecule is CCc1cccc2c1CC[C@H]1CNC(CCn3c(=O)[nH]c4c(sc5ncccc54)c3=O)[C@@H]21. The smallest absolute Gasteiger partial charge is 0.313 e. The van der Waals surface area contributed by atoms with Gasteiger partial charge in [-0.3, -0.25) is 9.36 Å². The number of nitrogens with zero attached hydrogens (tertiary/aromatic N) is 2. The molecule has 2 aliphatic rings. The molecule has 1 saturated heterocycles. The van der Waals surface area contributed by atoms with E-state index in [0.29, 0.717) is 28.6 Å². The Balaban J connectivity index is 1.33. The van der Waals surface area contributed by atoms with Gasteiger partial charge in [-0.15, -0.1) is 11.3 Å². The normalized spacial score (nSPS) is 22.3. The van der Waals surface area contributed by atoms with Crippen LogP contribution in [0.3, 0.4) is 0 Å². The van der Waals surface area contributed by atoms with Gasteiger partial charge in [0.15, 0.2) is 0 Å². The highest BCUT2D eigenvalue weighted by Crippen LogP contribution is 2.43. The summed E-state index contributed by atoms with van der Waals surface area (Å²) in [4.78, 5) is 34.1. The van der Waals surface area contributed by atoms with E-state index in [1.54, 1.807) is 6.20 Å². The number of aromatic nitrogens is 3. The van der Waals surface area contributed by atoms with E-state index in [0.717, 1.165) is 36.0 Å². The first-order valence-electron chi connectivity index (χ1n) is 11.5. The molecule has 1 fully saturated rings. The van der Waals surface area contributed by atoms with Gasteiger partial charge in [0.25, 0.3) is 5.56 Å². The second-order valence-corrected chi connectivity index (χ2v) is 10.0. The van der Waals surface area contributed by atoms with Crippen molar-refractivity contribution < 1.29 is 0 Å². The van der Waals surface area contributed by atoms with Gasteiger partial charge in [-0.25, -0.2) is 9.78 Å². The molecule has 6 nitrogen and oxygen atoms in total. The molecule has 0 amide bonds. The van der Waals surface area contributed by atoms with Crippen LogP contribution in [-0.4, -0.2) is 27.1 Å². The number of aromatic amines is 1. The van der Waals surface area contributed by atoms with Crippen LogP contribution < -0.4 is 16.6 Å². The molecule has 0 spiro atoms. The fourth-order valence-corrected chi connectivity index (χ4v) is 6.97. The van der Waals surface area contributed by atoms with E-state index in [-0.39, 0.29) is 17.3 Å². The zero-order valence-electron chi connectivity index (χ0n) is 18.1. The van der Waals surface area contributed by atoms with Gasteiger partial charge in [0, 0.05) is 30.1 Å². The number of benzene rings is 1. The average Bonchev–Trinajstić information content (AvgIpc) is 3.40. The maximum Gasteiger partial charge on any atom is 0.328 e. The van der Waals surface area contributed by atoms with Crippen molar-refractivity contribution in [1.29, 1.82) is 0 Å². The molecule has 4 heterocycles. The van der Waals surface area contributed by atoms with Crippen LogP contribution in [0, 0.1) is 5.92 Å². The number of rotatable bonds is 4. The summed E-state index contributed by atoms with van der Waals surface area (Å²) in [5, 5.41) is 4.54. The maximum atomic E-state index is 13.2. The molecular weight excluding hydrogens is 420 g/mol. The summed E-state index contributed by atoms with van der Waals surface area (Å²) >= 11 is 1.35. The van der Waals surface area contributed by atoms with Crippen molar-refractivity contribution in [3.8, 4) is 0 Å². The monoisotopic (exact) mass is 446 g/mol. The van der Waals surface area contributed by atoms with Gasteiger partial charge >= 0.3 is 5.69 Å². The number of thiophene rings is 1. The number of pyridine rings is 1. The molecule has 3 atom stereocenters. The third kappa shape index (κ3) is 2.98. The number of hydrogen-bond donors (Lipinski definition) is 2. The molecule has 0 saturated carbocycles. The second kappa shape index (κ2) is 7.67. The third-order valence-electron chi connectivity index (χ3n) is 7.44. The predicted molar refractivity (Wildman–Crippen MR) is 129 cm³/mol. The number of nitrogens with one attached hydrogen (secondary N) is 2. The summed E-state index contributed by atoms with van der Waals surface area (Å²) in [6.45, 7) is 3.65. The molecule has 1 aliphatic heterocycles. The van der Waals surface area contributed by atoms with Gasteiger partial charge in [0.1, 0.15) is 9.53 Å². The Hall–Kier alpha value is -2.77. The van der Waals surface area contributed by atoms with Crippen LogP contribution in [-0.2, 0) is 19.4 Å². The van der Waals surface area contributed by atoms with Gasteiger partial charge in [0.05, 0.1) is 5.52 Å². The lowest BCUT2D eigenvalue weighted by molar-refractivity contribution is 0.390. The topological polar surface area (TPSA) is 79.8 Å². The van der Waals surface area contributed by atoms with E-state index in [4.69, 9.17) is 0 Å². The number of aryl methyl sites for hydroxylation is 1. The standard InChI is InChI=1S/C25H26N4O2S/c1-2-14-5-3-6-17-16(14)9-8-15-13-27-19(20(15)17)10-12-29-24(30)22-21(28-25(29)31)18-7-4-11-26-23(18)32-22/h3-7,11,15,19-20,27H,2,8-10,12-13H2,1H3,(H,28,31)/t15-,19?,20+/m0/s1. The van der Waals surface area contributed by atoms with Gasteiger partial charge in [0.2, 0.25) is 0 Å². The zero-order valence-corrected chi connectivity index (χ0v) is 18.9. The Morgan fingerprint density at radius 1 is 1.22 bits per heavy atom. The fraction of sp³-hybridized carbons (Fsp3) is 0.400. The zero-order chi connectivity index (χ0) is 21.8. The van der Waals surface area contributed by atoms with Crippen LogP contribution in [0.5, 0.6) is 0 Å². The Morgan fingerprint density at radius 3 is 3.00 bits per heavy atom. The van der Waals surface area contributed by atoms with Crippen LogP contribution in [0.2, 0.25) is 0 Å². The molecule has 7 heteroatoms. The van der Waals surface area contributed by atoms with Crippen LogP contribution in [0.1, 0.15) is 42.4 Å². The summed E-state index contributed by atoms with van der Waals surface area (Å²) in [7, 11) is 0. The first-order valence-corrected chi connectivity index (χ1v) is 12.3. The quantitative estimate of drug-likeness (QED) is 0.502. The van der Waals surface area contributed by atoms with E-state index in [2.05, 4.69) is 40.4 Å². The highest BCUT2D eigenvalue weighted by Gasteiger charge is 2.40. The lowest BCUT2D eigenvalue weighted by Crippen LogP contribution is -2.37. The molecule has 3 aromatic heterocycles. The van der Waals surface area contributed by atoms with Crippen molar-refractivity contribution in [1.82, 2.24) is 19.9 Å². The van der Waals surface area contributed by atoms with Crippen molar-refractivity contribution in [2.75, 3.05) is 6.54 Å². The molecule has 2 N–H and O–H groups in total. The largest absolute Gasteiger partial charge is 0.328 e. The number of fused-ring (bicyclic) bond motifs is 6. The summed E-state index contributed by atoms with van der Waals surface area (Å²) in [6.07, 6.45) is 5.90. The van der Waals surface area contributed by atoms with Gasteiger partial charge in [-0.1, -0.05) is 25.1 Å². The van der Waals surface area contributed by atoms with Crippen LogP contribution in [0.15, 0.2) is 46.1 Å². The van der Waals surface area contributed by atoms with Gasteiger partial charge < -0.3 is 10.3 Å². The van der Waals surface area contributed by atoms with E-state index in [9.17, 15) is 9.59 Å². The molecule has 0 bridgehead atoms. The fourth-order valence-electron chi connectivity index (χ4n) is 5.92. The van der Waals surface area contributed by atoms with E-state index in [1.165, 1.54) is 39.0 Å². The van der Waals surface area contributed by atoms with Crippen LogP contribution in [0.25, 0.3) is 20.4 Å². The molecule has 1 aliphatic carbocycles. The van der Waals surface area contributed by atoms with E-state index >= 15 is 0 Å². The third-order valence-corrected chi connectivity index (χ3v) is 8.55. The van der Waals surface area contributed by atoms with E-state index in [1.807, 2.05) is 12.1 Å². The van der Waals surface area contributed by atoms with Crippen molar-refractivity contribution in [3.05, 3.63) is 74.1 Å². The van der Waals surface area contributed by atoms with Crippen LogP contribution in [0.4, 0.5) is 0 Å². The Morgan fingerprint density at radius 2 is 2.12 bits per heavy atom. The Bertz CT molecular complexity index is 1450. The Kier molecular flexibility index (Phi) is 4.77. The van der Waals surface area contributed by atoms with Crippen molar-refractivity contribution >= 4 is 31.8 Å². The van der Waals surface area contributed by atoms with Crippen molar-refractivity contribution in [2.45, 2.75) is 51.1 Å². The summed E-state index contributed by atoms with van der Waals surface area (Å²) < 4.78 is 1.95. The number of hydrogen-bond acceptors (Lipinski definition) is 5. The maximum absolute atomic E-state index is 13.2. The summed E-state index contributed by atoms with van der Waals surface area (Å²) in [6, 6.07) is 10.7. The first kappa shape index (κ1) is 19.9. The van der Waals surface area contributed by atoms with E-state index < -0.39 is 0 Å². The predicted octanol–water partition coefficient (Wildman–Crippen LogP) is 3.57. The molecule has 1 aromatic carbocycles. The molecule has 0 radical (unpaired) electrons. The average molecular weight is 447 g/mol. The first-order chi connectivity index (χ1) is 15.7. The minimum atomic E-state index is -0.335. The number of H-pyrrole nitrogens is 1. The van der Waals surface area contributed by atoms with Crippen molar-refractivity contribution in [2.24, 2.45) is 5.92 Å². The summed E-state index contributed by atoms with van der Waals surface area (Å²) in [5.41, 5.74) is 4.53. The minimum Gasteiger partial charge on any atom is -0.313 e. The second-order valence-electron chi connectivity index (χ2n) is 9.02. The molecule has 6 rings (SSSR count).